The van der Waals surface area contributed by atoms with Crippen molar-refractivity contribution in [3.8, 4) is 0 Å². The van der Waals surface area contributed by atoms with Gasteiger partial charge in [-0.1, -0.05) is 0 Å². The highest BCUT2D eigenvalue weighted by Gasteiger charge is 2.06. The summed E-state index contributed by atoms with van der Waals surface area (Å²) in [6.45, 7) is 3.53. The second-order valence-corrected chi connectivity index (χ2v) is 3.50. The minimum absolute atomic E-state index is 0.0927. The first-order valence-electron chi connectivity index (χ1n) is 4.54. The molecule has 3 heteroatoms. The van der Waals surface area contributed by atoms with Crippen LogP contribution in [0.25, 0.3) is 10.9 Å². The third-order valence-electron chi connectivity index (χ3n) is 2.44. The van der Waals surface area contributed by atoms with Crippen molar-refractivity contribution in [2.45, 2.75) is 13.8 Å². The number of rotatable bonds is 1. The van der Waals surface area contributed by atoms with Gasteiger partial charge in [0.1, 0.15) is 0 Å². The van der Waals surface area contributed by atoms with Gasteiger partial charge in [0.05, 0.1) is 11.2 Å². The molecule has 0 fully saturated rings. The number of carbonyl (C=O) groups is 1. The van der Waals surface area contributed by atoms with E-state index in [4.69, 9.17) is 0 Å². The quantitative estimate of drug-likeness (QED) is 0.642. The number of hydrogen-bond acceptors (Lipinski definition) is 2. The third kappa shape index (κ3) is 1.21. The predicted molar refractivity (Wildman–Crippen MR) is 55.5 cm³/mol. The van der Waals surface area contributed by atoms with Crippen LogP contribution in [-0.2, 0) is 7.05 Å². The Hall–Kier alpha value is -1.64. The monoisotopic (exact) mass is 188 g/mol. The number of carbonyl (C=O) groups excluding carboxylic acids is 1. The lowest BCUT2D eigenvalue weighted by molar-refractivity contribution is 0.101. The maximum atomic E-state index is 11.2. The highest BCUT2D eigenvalue weighted by molar-refractivity contribution is 5.98. The number of aromatic nitrogens is 2. The number of Topliss-reactive ketones (excluding diaryl/α,β-unsaturated/α-hetero) is 1. The number of nitrogens with zero attached hydrogens (tertiary/aromatic N) is 2. The minimum Gasteiger partial charge on any atom is -0.295 e. The van der Waals surface area contributed by atoms with Crippen molar-refractivity contribution in [3.05, 3.63) is 29.5 Å². The molecule has 0 radical (unpaired) electrons. The Bertz CT molecular complexity index is 511. The van der Waals surface area contributed by atoms with Crippen LogP contribution < -0.4 is 0 Å². The molecule has 0 aliphatic carbocycles. The van der Waals surface area contributed by atoms with Crippen molar-refractivity contribution in [1.82, 2.24) is 9.78 Å². The average molecular weight is 188 g/mol. The van der Waals surface area contributed by atoms with Crippen LogP contribution in [0.2, 0.25) is 0 Å². The molecule has 0 saturated heterocycles. The van der Waals surface area contributed by atoms with Crippen LogP contribution in [0.1, 0.15) is 23.0 Å². The zero-order valence-corrected chi connectivity index (χ0v) is 8.53. The highest BCUT2D eigenvalue weighted by Crippen LogP contribution is 2.18. The Labute approximate surface area is 82.3 Å². The lowest BCUT2D eigenvalue weighted by Gasteiger charge is -1.96. The van der Waals surface area contributed by atoms with Gasteiger partial charge >= 0.3 is 0 Å². The molecular formula is C11H12N2O. The van der Waals surface area contributed by atoms with E-state index in [9.17, 15) is 4.79 Å². The summed E-state index contributed by atoms with van der Waals surface area (Å²) in [7, 11) is 1.91. The normalized spacial score (nSPS) is 10.8. The van der Waals surface area contributed by atoms with E-state index in [1.807, 2.05) is 36.9 Å². The van der Waals surface area contributed by atoms with Crippen LogP contribution in [0.5, 0.6) is 0 Å². The van der Waals surface area contributed by atoms with Gasteiger partial charge in [0.2, 0.25) is 0 Å². The van der Waals surface area contributed by atoms with Gasteiger partial charge in [-0.3, -0.25) is 9.48 Å². The Morgan fingerprint density at radius 1 is 1.43 bits per heavy atom. The first kappa shape index (κ1) is 8.94. The van der Waals surface area contributed by atoms with Gasteiger partial charge in [-0.05, 0) is 32.0 Å². The minimum atomic E-state index is 0.0927. The van der Waals surface area contributed by atoms with E-state index in [0.29, 0.717) is 0 Å². The molecule has 2 aromatic rings. The summed E-state index contributed by atoms with van der Waals surface area (Å²) in [5, 5.41) is 5.35. The van der Waals surface area contributed by atoms with Crippen LogP contribution in [0, 0.1) is 6.92 Å². The Morgan fingerprint density at radius 3 is 2.79 bits per heavy atom. The van der Waals surface area contributed by atoms with Crippen LogP contribution in [0.15, 0.2) is 18.2 Å². The Balaban J connectivity index is 2.77. The van der Waals surface area contributed by atoms with E-state index < -0.39 is 0 Å². The second-order valence-electron chi connectivity index (χ2n) is 3.50. The van der Waals surface area contributed by atoms with Crippen molar-refractivity contribution in [2.75, 3.05) is 0 Å². The third-order valence-corrected chi connectivity index (χ3v) is 2.44. The van der Waals surface area contributed by atoms with Gasteiger partial charge in [-0.2, -0.15) is 5.10 Å². The molecule has 2 rings (SSSR count). The molecular weight excluding hydrogens is 176 g/mol. The summed E-state index contributed by atoms with van der Waals surface area (Å²) < 4.78 is 1.83. The van der Waals surface area contributed by atoms with E-state index >= 15 is 0 Å². The maximum Gasteiger partial charge on any atom is 0.159 e. The zero-order chi connectivity index (χ0) is 10.3. The zero-order valence-electron chi connectivity index (χ0n) is 8.53. The summed E-state index contributed by atoms with van der Waals surface area (Å²) in [6.07, 6.45) is 0. The van der Waals surface area contributed by atoms with E-state index in [0.717, 1.165) is 22.2 Å². The van der Waals surface area contributed by atoms with Gasteiger partial charge in [0.15, 0.2) is 5.78 Å². The van der Waals surface area contributed by atoms with Gasteiger partial charge in [0, 0.05) is 18.0 Å². The largest absolute Gasteiger partial charge is 0.295 e. The molecule has 14 heavy (non-hydrogen) atoms. The molecule has 0 spiro atoms. The van der Waals surface area contributed by atoms with Gasteiger partial charge in [-0.15, -0.1) is 0 Å². The van der Waals surface area contributed by atoms with Gasteiger partial charge < -0.3 is 0 Å². The number of fused-ring (bicyclic) bond motifs is 1. The summed E-state index contributed by atoms with van der Waals surface area (Å²) in [6, 6.07) is 5.68. The van der Waals surface area contributed by atoms with Gasteiger partial charge in [-0.25, -0.2) is 0 Å². The molecule has 0 amide bonds. The molecule has 1 heterocycles. The number of benzene rings is 1. The number of ketones is 1. The molecule has 0 bridgehead atoms. The predicted octanol–water partition coefficient (Wildman–Crippen LogP) is 2.08. The van der Waals surface area contributed by atoms with Crippen molar-refractivity contribution in [3.63, 3.8) is 0 Å². The van der Waals surface area contributed by atoms with Crippen LogP contribution >= 0.6 is 0 Å². The molecule has 0 saturated carbocycles. The molecule has 0 aliphatic heterocycles. The standard InChI is InChI=1S/C11H12N2O/c1-7-10-6-9(8(2)14)4-5-11(10)13(3)12-7/h4-6H,1-3H3. The topological polar surface area (TPSA) is 34.9 Å². The molecule has 0 aliphatic rings. The smallest absolute Gasteiger partial charge is 0.159 e. The van der Waals surface area contributed by atoms with Crippen LogP contribution in [-0.4, -0.2) is 15.6 Å². The number of hydrogen-bond donors (Lipinski definition) is 0. The average Bonchev–Trinajstić information content (AvgIpc) is 2.42. The van der Waals surface area contributed by atoms with E-state index in [-0.39, 0.29) is 5.78 Å². The lowest BCUT2D eigenvalue weighted by Crippen LogP contribution is -1.92. The molecule has 72 valence electrons. The van der Waals surface area contributed by atoms with Crippen LogP contribution in [0.3, 0.4) is 0 Å². The van der Waals surface area contributed by atoms with Crippen LogP contribution in [0.4, 0.5) is 0 Å². The summed E-state index contributed by atoms with van der Waals surface area (Å²) in [5.41, 5.74) is 2.77. The van der Waals surface area contributed by atoms with Crippen molar-refractivity contribution in [1.29, 1.82) is 0 Å². The highest BCUT2D eigenvalue weighted by atomic mass is 16.1. The van der Waals surface area contributed by atoms with Crippen molar-refractivity contribution < 1.29 is 4.79 Å². The molecule has 1 aromatic carbocycles. The van der Waals surface area contributed by atoms with E-state index in [1.54, 1.807) is 6.92 Å². The molecule has 0 N–H and O–H groups in total. The first-order valence-corrected chi connectivity index (χ1v) is 4.54. The second kappa shape index (κ2) is 2.94. The fourth-order valence-electron chi connectivity index (χ4n) is 1.66. The van der Waals surface area contributed by atoms with E-state index in [1.165, 1.54) is 0 Å². The molecule has 3 nitrogen and oxygen atoms in total. The molecule has 0 atom stereocenters. The Morgan fingerprint density at radius 2 is 2.14 bits per heavy atom. The molecule has 0 unspecified atom stereocenters. The summed E-state index contributed by atoms with van der Waals surface area (Å²) in [5.74, 6) is 0.0927. The summed E-state index contributed by atoms with van der Waals surface area (Å²) >= 11 is 0. The van der Waals surface area contributed by atoms with Crippen molar-refractivity contribution in [2.24, 2.45) is 7.05 Å². The van der Waals surface area contributed by atoms with Crippen molar-refractivity contribution >= 4 is 16.7 Å². The first-order chi connectivity index (χ1) is 6.59. The molecule has 1 aromatic heterocycles. The van der Waals surface area contributed by atoms with E-state index in [2.05, 4.69) is 5.10 Å². The SMILES string of the molecule is CC(=O)c1ccc2c(c1)c(C)nn2C. The fraction of sp³-hybridized carbons (Fsp3) is 0.273. The fourth-order valence-corrected chi connectivity index (χ4v) is 1.66. The lowest BCUT2D eigenvalue weighted by atomic mass is 10.1. The van der Waals surface area contributed by atoms with Gasteiger partial charge in [0.25, 0.3) is 0 Å². The maximum absolute atomic E-state index is 11.2. The Kier molecular flexibility index (Phi) is 1.88. The summed E-state index contributed by atoms with van der Waals surface area (Å²) in [4.78, 5) is 11.2. The number of aryl methyl sites for hydroxylation is 2.